The monoisotopic (exact) mass is 240 g/mol. The third-order valence-electron chi connectivity index (χ3n) is 0. The first-order chi connectivity index (χ1) is 5.20. The van der Waals surface area contributed by atoms with Gasteiger partial charge in [0.2, 0.25) is 0 Å². The Morgan fingerprint density at radius 3 is 0.923 bits per heavy atom. The predicted octanol–water partition coefficient (Wildman–Crippen LogP) is 4.00. The van der Waals surface area contributed by atoms with E-state index in [1.165, 1.54) is 6.92 Å². The lowest BCUT2D eigenvalue weighted by atomic mass is 10.8. The molecule has 0 bridgehead atoms. The first-order valence-electron chi connectivity index (χ1n) is 3.08. The van der Waals surface area contributed by atoms with E-state index in [-0.39, 0.29) is 12.5 Å². The van der Waals surface area contributed by atoms with Crippen LogP contribution in [-0.4, -0.2) is 5.12 Å². The Hall–Kier alpha value is 0.200. The van der Waals surface area contributed by atoms with Crippen LogP contribution >= 0.6 is 37.9 Å². The van der Waals surface area contributed by atoms with Crippen LogP contribution in [0.15, 0.2) is 23.0 Å². The lowest BCUT2D eigenvalue weighted by molar-refractivity contribution is -0.108. The lowest BCUT2D eigenvalue weighted by Gasteiger charge is -1.64. The number of rotatable bonds is 0. The molecule has 0 aliphatic carbocycles. The van der Waals surface area contributed by atoms with E-state index in [4.69, 9.17) is 0 Å². The molecule has 0 aromatic heterocycles. The largest absolute Gasteiger partial charge is 0.288 e. The third kappa shape index (κ3) is 31700. The van der Waals surface area contributed by atoms with Crippen molar-refractivity contribution >= 4 is 43.0 Å². The molecule has 0 saturated heterocycles. The molecule has 0 spiro atoms. The van der Waals surface area contributed by atoms with Crippen molar-refractivity contribution in [3.63, 3.8) is 0 Å². The quantitative estimate of drug-likeness (QED) is 0.546. The zero-order chi connectivity index (χ0) is 10.7. The summed E-state index contributed by atoms with van der Waals surface area (Å²) in [7, 11) is 0. The summed E-state index contributed by atoms with van der Waals surface area (Å²) in [5, 5.41) is -0.139. The van der Waals surface area contributed by atoms with Gasteiger partial charge in [-0.2, -0.15) is 0 Å². The molecular formula is C9H20OS3. The van der Waals surface area contributed by atoms with Crippen molar-refractivity contribution in [2.75, 3.05) is 0 Å². The normalized spacial score (nSPS) is 6.00. The van der Waals surface area contributed by atoms with Crippen LogP contribution in [0.1, 0.15) is 28.2 Å². The van der Waals surface area contributed by atoms with Crippen molar-refractivity contribution in [2.24, 2.45) is 0 Å². The number of carbonyl (C=O) groups is 1. The highest BCUT2D eigenvalue weighted by atomic mass is 32.1. The molecule has 1 nitrogen and oxygen atoms in total. The van der Waals surface area contributed by atoms with Crippen LogP contribution in [0.2, 0.25) is 0 Å². The Labute approximate surface area is 98.9 Å². The van der Waals surface area contributed by atoms with Crippen LogP contribution in [-0.2, 0) is 4.79 Å². The van der Waals surface area contributed by atoms with Gasteiger partial charge in [-0.25, -0.2) is 0 Å². The molecule has 0 amide bonds. The number of hydrogen-bond acceptors (Lipinski definition) is 3. The summed E-state index contributed by atoms with van der Waals surface area (Å²) in [6, 6.07) is 0. The second-order valence-electron chi connectivity index (χ2n) is 1.99. The minimum Gasteiger partial charge on any atom is -0.288 e. The first-order valence-corrected chi connectivity index (χ1v) is 4.42. The number of hydrogen-bond donors (Lipinski definition) is 3. The molecule has 0 rings (SSSR count). The standard InChI is InChI=1S/2C3H6S.C2H4OS.CH4/c2*1-3(2)4;1-2(3)4;/h2*4H,1H2,2H3;1H3,(H,3,4);1H4. The molecular weight excluding hydrogens is 220 g/mol. The van der Waals surface area contributed by atoms with Gasteiger partial charge in [0.05, 0.1) is 0 Å². The van der Waals surface area contributed by atoms with E-state index >= 15 is 0 Å². The highest BCUT2D eigenvalue weighted by Gasteiger charge is 1.63. The SMILES string of the molecule is C.C=C(C)S.C=C(C)S.CC(=O)S. The van der Waals surface area contributed by atoms with Crippen LogP contribution in [0.5, 0.6) is 0 Å². The molecule has 0 aromatic rings. The smallest absolute Gasteiger partial charge is 0.182 e. The van der Waals surface area contributed by atoms with Gasteiger partial charge in [0.15, 0.2) is 5.12 Å². The Balaban J connectivity index is -0.0000000450. The molecule has 0 aliphatic heterocycles. The highest BCUT2D eigenvalue weighted by molar-refractivity contribution is 7.96. The molecule has 0 saturated carbocycles. The average Bonchev–Trinajstić information content (AvgIpc) is 1.54. The summed E-state index contributed by atoms with van der Waals surface area (Å²) in [4.78, 5) is 11.0. The van der Waals surface area contributed by atoms with Gasteiger partial charge in [0.1, 0.15) is 0 Å². The second-order valence-corrected chi connectivity index (χ2v) is 4.15. The summed E-state index contributed by atoms with van der Waals surface area (Å²) in [5.41, 5.74) is 0. The zero-order valence-electron chi connectivity index (χ0n) is 7.66. The Morgan fingerprint density at radius 1 is 0.923 bits per heavy atom. The second kappa shape index (κ2) is 18.1. The van der Waals surface area contributed by atoms with E-state index in [0.717, 1.165) is 9.81 Å². The molecule has 0 radical (unpaired) electrons. The summed E-state index contributed by atoms with van der Waals surface area (Å²) >= 11 is 10.9. The van der Waals surface area contributed by atoms with E-state index in [1.807, 2.05) is 13.8 Å². The van der Waals surface area contributed by atoms with Crippen molar-refractivity contribution in [1.29, 1.82) is 0 Å². The van der Waals surface area contributed by atoms with Crippen molar-refractivity contribution < 1.29 is 4.79 Å². The van der Waals surface area contributed by atoms with E-state index in [9.17, 15) is 4.79 Å². The maximum atomic E-state index is 9.31. The maximum Gasteiger partial charge on any atom is 0.182 e. The fraction of sp³-hybridized carbons (Fsp3) is 0.444. The Bertz CT molecular complexity index is 112. The van der Waals surface area contributed by atoms with E-state index in [0.29, 0.717) is 0 Å². The molecule has 13 heavy (non-hydrogen) atoms. The Morgan fingerprint density at radius 2 is 0.923 bits per heavy atom. The van der Waals surface area contributed by atoms with Crippen LogP contribution < -0.4 is 0 Å². The highest BCUT2D eigenvalue weighted by Crippen LogP contribution is 1.86. The molecule has 0 atom stereocenters. The molecule has 0 aromatic carbocycles. The van der Waals surface area contributed by atoms with Crippen molar-refractivity contribution in [2.45, 2.75) is 28.2 Å². The molecule has 4 heteroatoms. The molecule has 0 fully saturated rings. The van der Waals surface area contributed by atoms with E-state index < -0.39 is 0 Å². The van der Waals surface area contributed by atoms with Crippen molar-refractivity contribution in [3.8, 4) is 0 Å². The molecule has 0 N–H and O–H groups in total. The molecule has 80 valence electrons. The van der Waals surface area contributed by atoms with Gasteiger partial charge in [-0.1, -0.05) is 20.6 Å². The van der Waals surface area contributed by atoms with Gasteiger partial charge in [-0.15, -0.1) is 37.9 Å². The molecule has 0 aliphatic rings. The maximum absolute atomic E-state index is 9.31. The third-order valence-corrected chi connectivity index (χ3v) is 0. The van der Waals surface area contributed by atoms with Crippen molar-refractivity contribution in [3.05, 3.63) is 23.0 Å². The zero-order valence-corrected chi connectivity index (χ0v) is 10.3. The summed E-state index contributed by atoms with van der Waals surface area (Å²) in [6.07, 6.45) is 0. The fourth-order valence-corrected chi connectivity index (χ4v) is 0. The van der Waals surface area contributed by atoms with E-state index in [2.05, 4.69) is 51.0 Å². The van der Waals surface area contributed by atoms with Crippen LogP contribution in [0.3, 0.4) is 0 Å². The van der Waals surface area contributed by atoms with Gasteiger partial charge in [0, 0.05) is 6.92 Å². The first kappa shape index (κ1) is 23.2. The number of allylic oxidation sites excluding steroid dienone is 2. The number of carbonyl (C=O) groups excluding carboxylic acids is 1. The van der Waals surface area contributed by atoms with Gasteiger partial charge in [0.25, 0.3) is 0 Å². The van der Waals surface area contributed by atoms with Gasteiger partial charge in [-0.3, -0.25) is 4.79 Å². The summed E-state index contributed by atoms with van der Waals surface area (Å²) < 4.78 is 0. The fourth-order valence-electron chi connectivity index (χ4n) is 0. The average molecular weight is 240 g/mol. The van der Waals surface area contributed by atoms with Gasteiger partial charge >= 0.3 is 0 Å². The summed E-state index contributed by atoms with van der Waals surface area (Å²) in [6.45, 7) is 11.9. The van der Waals surface area contributed by atoms with Crippen molar-refractivity contribution in [1.82, 2.24) is 0 Å². The Kier molecular flexibility index (Phi) is 32.3. The molecule has 0 heterocycles. The van der Waals surface area contributed by atoms with Gasteiger partial charge < -0.3 is 0 Å². The van der Waals surface area contributed by atoms with E-state index in [1.54, 1.807) is 0 Å². The number of thiol groups is 3. The van der Waals surface area contributed by atoms with Crippen LogP contribution in [0.4, 0.5) is 0 Å². The van der Waals surface area contributed by atoms with Crippen LogP contribution in [0, 0.1) is 0 Å². The topological polar surface area (TPSA) is 17.1 Å². The minimum atomic E-state index is -0.139. The van der Waals surface area contributed by atoms with Gasteiger partial charge in [-0.05, 0) is 23.7 Å². The minimum absolute atomic E-state index is 0. The van der Waals surface area contributed by atoms with Crippen LogP contribution in [0.25, 0.3) is 0 Å². The lowest BCUT2D eigenvalue weighted by Crippen LogP contribution is -1.62. The summed E-state index contributed by atoms with van der Waals surface area (Å²) in [5.74, 6) is 0. The molecule has 0 unspecified atom stereocenters. The predicted molar refractivity (Wildman–Crippen MR) is 74.0 cm³/mol.